The molecular formula is C17H27N3O3. The van der Waals surface area contributed by atoms with Crippen molar-refractivity contribution in [3.8, 4) is 0 Å². The second-order valence-corrected chi connectivity index (χ2v) is 6.40. The van der Waals surface area contributed by atoms with Gasteiger partial charge >= 0.3 is 6.09 Å². The van der Waals surface area contributed by atoms with E-state index in [2.05, 4.69) is 23.3 Å². The molecule has 0 atom stereocenters. The lowest BCUT2D eigenvalue weighted by Gasteiger charge is -2.33. The molecule has 0 bridgehead atoms. The lowest BCUT2D eigenvalue weighted by Crippen LogP contribution is -2.49. The van der Waals surface area contributed by atoms with Gasteiger partial charge in [-0.2, -0.15) is 0 Å². The number of hydrogen-bond acceptors (Lipinski definition) is 4. The van der Waals surface area contributed by atoms with Crippen molar-refractivity contribution in [2.75, 3.05) is 39.8 Å². The van der Waals surface area contributed by atoms with Crippen molar-refractivity contribution < 1.29 is 14.3 Å². The molecule has 0 aliphatic carbocycles. The maximum atomic E-state index is 12.6. The SMILES string of the molecule is COC(=O)N1CCN(CC(=O)c2cc(C)n(C(C)C)c2C)CC1. The molecule has 0 saturated carbocycles. The Kier molecular flexibility index (Phi) is 5.46. The first kappa shape index (κ1) is 17.5. The molecule has 1 amide bonds. The largest absolute Gasteiger partial charge is 0.453 e. The van der Waals surface area contributed by atoms with Crippen molar-refractivity contribution >= 4 is 11.9 Å². The molecule has 1 aliphatic heterocycles. The van der Waals surface area contributed by atoms with Crippen molar-refractivity contribution in [2.45, 2.75) is 33.7 Å². The molecule has 1 aliphatic rings. The zero-order chi connectivity index (χ0) is 17.1. The van der Waals surface area contributed by atoms with E-state index < -0.39 is 0 Å². The molecular weight excluding hydrogens is 294 g/mol. The van der Waals surface area contributed by atoms with Crippen molar-refractivity contribution in [3.05, 3.63) is 23.0 Å². The fourth-order valence-electron chi connectivity index (χ4n) is 3.36. The zero-order valence-corrected chi connectivity index (χ0v) is 14.8. The van der Waals surface area contributed by atoms with Gasteiger partial charge in [-0.05, 0) is 33.8 Å². The van der Waals surface area contributed by atoms with E-state index in [1.54, 1.807) is 4.90 Å². The van der Waals surface area contributed by atoms with Crippen molar-refractivity contribution in [1.29, 1.82) is 0 Å². The monoisotopic (exact) mass is 321 g/mol. The Bertz CT molecular complexity index is 584. The summed E-state index contributed by atoms with van der Waals surface area (Å²) in [5.41, 5.74) is 2.97. The smallest absolute Gasteiger partial charge is 0.409 e. The number of aryl methyl sites for hydroxylation is 1. The minimum absolute atomic E-state index is 0.150. The van der Waals surface area contributed by atoms with Crippen molar-refractivity contribution in [1.82, 2.24) is 14.4 Å². The normalized spacial score (nSPS) is 16.0. The van der Waals surface area contributed by atoms with Crippen LogP contribution in [0.15, 0.2) is 6.07 Å². The molecule has 1 aromatic heterocycles. The maximum Gasteiger partial charge on any atom is 0.409 e. The quantitative estimate of drug-likeness (QED) is 0.798. The standard InChI is InChI=1S/C17H27N3O3/c1-12(2)20-13(3)10-15(14(20)4)16(21)11-18-6-8-19(9-7-18)17(22)23-5/h10,12H,6-9,11H2,1-5H3. The molecule has 1 saturated heterocycles. The summed E-state index contributed by atoms with van der Waals surface area (Å²) in [4.78, 5) is 27.9. The lowest BCUT2D eigenvalue weighted by atomic mass is 10.1. The third-order valence-corrected chi connectivity index (χ3v) is 4.47. The molecule has 128 valence electrons. The van der Waals surface area contributed by atoms with E-state index in [0.717, 1.165) is 17.0 Å². The molecule has 6 nitrogen and oxygen atoms in total. The van der Waals surface area contributed by atoms with Gasteiger partial charge in [-0.1, -0.05) is 0 Å². The fourth-order valence-corrected chi connectivity index (χ4v) is 3.36. The predicted octanol–water partition coefficient (Wildman–Crippen LogP) is 2.25. The second kappa shape index (κ2) is 7.17. The van der Waals surface area contributed by atoms with E-state index in [0.29, 0.717) is 38.8 Å². The average molecular weight is 321 g/mol. The van der Waals surface area contributed by atoms with Gasteiger partial charge in [0.2, 0.25) is 0 Å². The van der Waals surface area contributed by atoms with E-state index in [-0.39, 0.29) is 11.9 Å². The van der Waals surface area contributed by atoms with Crippen LogP contribution in [0.25, 0.3) is 0 Å². The third kappa shape index (κ3) is 3.75. The first-order valence-corrected chi connectivity index (χ1v) is 8.12. The summed E-state index contributed by atoms with van der Waals surface area (Å²) in [6.07, 6.45) is -0.295. The van der Waals surface area contributed by atoms with E-state index >= 15 is 0 Å². The summed E-state index contributed by atoms with van der Waals surface area (Å²) < 4.78 is 6.93. The molecule has 23 heavy (non-hydrogen) atoms. The summed E-state index contributed by atoms with van der Waals surface area (Å²) in [6, 6.07) is 2.34. The van der Waals surface area contributed by atoms with Crippen LogP contribution in [0.1, 0.15) is 41.6 Å². The Balaban J connectivity index is 1.99. The first-order chi connectivity index (χ1) is 10.8. The highest BCUT2D eigenvalue weighted by Crippen LogP contribution is 2.21. The number of carbonyl (C=O) groups excluding carboxylic acids is 2. The van der Waals surface area contributed by atoms with Gasteiger partial charge in [0.05, 0.1) is 13.7 Å². The topological polar surface area (TPSA) is 54.8 Å². The third-order valence-electron chi connectivity index (χ3n) is 4.47. The van der Waals surface area contributed by atoms with Crippen LogP contribution in [0.3, 0.4) is 0 Å². The Morgan fingerprint density at radius 1 is 1.17 bits per heavy atom. The Hall–Kier alpha value is -1.82. The summed E-state index contributed by atoms with van der Waals surface area (Å²) in [6.45, 7) is 11.3. The van der Waals surface area contributed by atoms with E-state index in [1.165, 1.54) is 7.11 Å². The summed E-state index contributed by atoms with van der Waals surface area (Å²) in [5.74, 6) is 0.150. The van der Waals surface area contributed by atoms with E-state index in [4.69, 9.17) is 4.74 Å². The summed E-state index contributed by atoms with van der Waals surface area (Å²) in [7, 11) is 1.39. The molecule has 0 radical (unpaired) electrons. The van der Waals surface area contributed by atoms with Crippen LogP contribution < -0.4 is 0 Å². The Morgan fingerprint density at radius 3 is 2.26 bits per heavy atom. The molecule has 6 heteroatoms. The minimum atomic E-state index is -0.295. The highest BCUT2D eigenvalue weighted by Gasteiger charge is 2.24. The van der Waals surface area contributed by atoms with E-state index in [9.17, 15) is 9.59 Å². The number of ether oxygens (including phenoxy) is 1. The number of aromatic nitrogens is 1. The van der Waals surface area contributed by atoms with Gasteiger partial charge in [0.1, 0.15) is 0 Å². The number of ketones is 1. The molecule has 0 N–H and O–H groups in total. The number of Topliss-reactive ketones (excluding diaryl/α,β-unsaturated/α-hetero) is 1. The average Bonchev–Trinajstić information content (AvgIpc) is 2.82. The van der Waals surface area contributed by atoms with Crippen LogP contribution in [0.2, 0.25) is 0 Å². The van der Waals surface area contributed by atoms with Gasteiger partial charge < -0.3 is 14.2 Å². The number of methoxy groups -OCH3 is 1. The van der Waals surface area contributed by atoms with Crippen LogP contribution in [-0.4, -0.2) is 66.1 Å². The van der Waals surface area contributed by atoms with Gasteiger partial charge in [0, 0.05) is 49.2 Å². The van der Waals surface area contributed by atoms with Gasteiger partial charge in [-0.3, -0.25) is 9.69 Å². The summed E-state index contributed by atoms with van der Waals surface area (Å²) in [5, 5.41) is 0. The minimum Gasteiger partial charge on any atom is -0.453 e. The van der Waals surface area contributed by atoms with E-state index in [1.807, 2.05) is 19.9 Å². The van der Waals surface area contributed by atoms with Gasteiger partial charge in [-0.15, -0.1) is 0 Å². The molecule has 0 aromatic carbocycles. The number of hydrogen-bond donors (Lipinski definition) is 0. The fraction of sp³-hybridized carbons (Fsp3) is 0.647. The van der Waals surface area contributed by atoms with Crippen molar-refractivity contribution in [2.24, 2.45) is 0 Å². The van der Waals surface area contributed by atoms with Crippen molar-refractivity contribution in [3.63, 3.8) is 0 Å². The number of piperazine rings is 1. The number of carbonyl (C=O) groups is 2. The Labute approximate surface area is 138 Å². The number of amides is 1. The highest BCUT2D eigenvalue weighted by atomic mass is 16.5. The molecule has 1 aromatic rings. The highest BCUT2D eigenvalue weighted by molar-refractivity contribution is 5.99. The number of nitrogens with zero attached hydrogens (tertiary/aromatic N) is 3. The van der Waals surface area contributed by atoms with Gasteiger partial charge in [0.25, 0.3) is 0 Å². The van der Waals surface area contributed by atoms with Crippen LogP contribution in [-0.2, 0) is 4.74 Å². The maximum absolute atomic E-state index is 12.6. The van der Waals surface area contributed by atoms with Crippen LogP contribution >= 0.6 is 0 Å². The van der Waals surface area contributed by atoms with Crippen LogP contribution in [0, 0.1) is 13.8 Å². The summed E-state index contributed by atoms with van der Waals surface area (Å²) >= 11 is 0. The molecule has 2 rings (SSSR count). The molecule has 2 heterocycles. The van der Waals surface area contributed by atoms with Crippen LogP contribution in [0.5, 0.6) is 0 Å². The number of rotatable bonds is 4. The zero-order valence-electron chi connectivity index (χ0n) is 14.8. The molecule has 0 spiro atoms. The van der Waals surface area contributed by atoms with Gasteiger partial charge in [-0.25, -0.2) is 4.79 Å². The second-order valence-electron chi connectivity index (χ2n) is 6.40. The van der Waals surface area contributed by atoms with Crippen LogP contribution in [0.4, 0.5) is 4.79 Å². The first-order valence-electron chi connectivity index (χ1n) is 8.12. The molecule has 0 unspecified atom stereocenters. The predicted molar refractivity (Wildman–Crippen MR) is 89.0 cm³/mol. The Morgan fingerprint density at radius 2 is 1.78 bits per heavy atom. The lowest BCUT2D eigenvalue weighted by molar-refractivity contribution is 0.0790. The van der Waals surface area contributed by atoms with Gasteiger partial charge in [0.15, 0.2) is 5.78 Å². The molecule has 1 fully saturated rings.